The van der Waals surface area contributed by atoms with Crippen molar-refractivity contribution in [3.63, 3.8) is 0 Å². The van der Waals surface area contributed by atoms with E-state index in [1.165, 1.54) is 11.0 Å². The lowest BCUT2D eigenvalue weighted by atomic mass is 10.2. The topological polar surface area (TPSA) is 53.5 Å². The van der Waals surface area contributed by atoms with E-state index < -0.39 is 0 Å². The van der Waals surface area contributed by atoms with Crippen LogP contribution in [0.3, 0.4) is 0 Å². The van der Waals surface area contributed by atoms with Crippen LogP contribution in [0.4, 0.5) is 0 Å². The minimum absolute atomic E-state index is 0.0601. The van der Waals surface area contributed by atoms with Crippen molar-refractivity contribution in [3.05, 3.63) is 42.2 Å². The molecule has 0 aliphatic carbocycles. The predicted molar refractivity (Wildman–Crippen MR) is 70.9 cm³/mol. The number of pyridine rings is 1. The SMILES string of the molecule is C=CC(=O)N(CC)CC(=O)N1Cc2cccnc2C1. The summed E-state index contributed by atoms with van der Waals surface area (Å²) in [6.45, 7) is 6.96. The van der Waals surface area contributed by atoms with E-state index in [9.17, 15) is 9.59 Å². The van der Waals surface area contributed by atoms with Crippen LogP contribution in [0, 0.1) is 0 Å². The quantitative estimate of drug-likeness (QED) is 0.757. The number of amides is 2. The maximum Gasteiger partial charge on any atom is 0.246 e. The Morgan fingerprint density at radius 3 is 2.95 bits per heavy atom. The van der Waals surface area contributed by atoms with Gasteiger partial charge in [0.1, 0.15) is 6.54 Å². The van der Waals surface area contributed by atoms with Gasteiger partial charge in [0.05, 0.1) is 12.2 Å². The second-order valence-electron chi connectivity index (χ2n) is 4.42. The maximum atomic E-state index is 12.2. The molecule has 0 N–H and O–H groups in total. The van der Waals surface area contributed by atoms with Gasteiger partial charge in [-0.3, -0.25) is 14.6 Å². The molecule has 100 valence electrons. The summed E-state index contributed by atoms with van der Waals surface area (Å²) in [7, 11) is 0. The van der Waals surface area contributed by atoms with Crippen molar-refractivity contribution in [1.82, 2.24) is 14.8 Å². The Morgan fingerprint density at radius 2 is 2.32 bits per heavy atom. The summed E-state index contributed by atoms with van der Waals surface area (Å²) >= 11 is 0. The zero-order chi connectivity index (χ0) is 13.8. The molecule has 2 amide bonds. The molecule has 0 bridgehead atoms. The van der Waals surface area contributed by atoms with E-state index in [-0.39, 0.29) is 18.4 Å². The molecule has 5 heteroatoms. The fourth-order valence-corrected chi connectivity index (χ4v) is 2.11. The molecule has 19 heavy (non-hydrogen) atoms. The Bertz CT molecular complexity index is 488. The molecular weight excluding hydrogens is 242 g/mol. The van der Waals surface area contributed by atoms with Gasteiger partial charge in [-0.25, -0.2) is 0 Å². The van der Waals surface area contributed by atoms with Gasteiger partial charge < -0.3 is 9.80 Å². The van der Waals surface area contributed by atoms with Crippen molar-refractivity contribution in [2.75, 3.05) is 13.1 Å². The smallest absolute Gasteiger partial charge is 0.246 e. The van der Waals surface area contributed by atoms with Crippen molar-refractivity contribution in [1.29, 1.82) is 0 Å². The Balaban J connectivity index is 1.99. The molecule has 1 aromatic heterocycles. The van der Waals surface area contributed by atoms with Crippen LogP contribution in [0.15, 0.2) is 31.0 Å². The zero-order valence-corrected chi connectivity index (χ0v) is 11.0. The molecule has 0 spiro atoms. The minimum Gasteiger partial charge on any atom is -0.331 e. The summed E-state index contributed by atoms with van der Waals surface area (Å²) in [6, 6.07) is 3.84. The van der Waals surface area contributed by atoms with Crippen LogP contribution in [0.5, 0.6) is 0 Å². The standard InChI is InChI=1S/C14H17N3O2/c1-3-13(18)16(4-2)10-14(19)17-8-11-6-5-7-15-12(11)9-17/h3,5-7H,1,4,8-10H2,2H3. The molecule has 5 nitrogen and oxygen atoms in total. The summed E-state index contributed by atoms with van der Waals surface area (Å²) in [5, 5.41) is 0. The molecule has 0 fully saturated rings. The zero-order valence-electron chi connectivity index (χ0n) is 11.0. The number of hydrogen-bond acceptors (Lipinski definition) is 3. The number of aromatic nitrogens is 1. The first-order valence-corrected chi connectivity index (χ1v) is 6.27. The lowest BCUT2D eigenvalue weighted by Gasteiger charge is -2.22. The molecular formula is C14H17N3O2. The van der Waals surface area contributed by atoms with Crippen molar-refractivity contribution in [2.24, 2.45) is 0 Å². The van der Waals surface area contributed by atoms with Gasteiger partial charge in [-0.15, -0.1) is 0 Å². The van der Waals surface area contributed by atoms with Crippen molar-refractivity contribution >= 4 is 11.8 Å². The summed E-state index contributed by atoms with van der Waals surface area (Å²) in [6.07, 6.45) is 2.96. The van der Waals surface area contributed by atoms with Gasteiger partial charge in [-0.2, -0.15) is 0 Å². The molecule has 0 radical (unpaired) electrons. The third-order valence-electron chi connectivity index (χ3n) is 3.23. The highest BCUT2D eigenvalue weighted by Crippen LogP contribution is 2.20. The molecule has 0 atom stereocenters. The highest BCUT2D eigenvalue weighted by Gasteiger charge is 2.25. The number of fused-ring (bicyclic) bond motifs is 1. The van der Waals surface area contributed by atoms with Gasteiger partial charge in [-0.05, 0) is 24.6 Å². The first-order chi connectivity index (χ1) is 9.15. The summed E-state index contributed by atoms with van der Waals surface area (Å²) in [5.41, 5.74) is 2.02. The highest BCUT2D eigenvalue weighted by atomic mass is 16.2. The Hall–Kier alpha value is -2.17. The van der Waals surface area contributed by atoms with Gasteiger partial charge in [0.2, 0.25) is 11.8 Å². The van der Waals surface area contributed by atoms with Crippen LogP contribution in [-0.2, 0) is 22.7 Å². The Labute approximate surface area is 112 Å². The van der Waals surface area contributed by atoms with Crippen LogP contribution in [0.1, 0.15) is 18.2 Å². The van der Waals surface area contributed by atoms with Crippen LogP contribution >= 0.6 is 0 Å². The molecule has 1 aliphatic heterocycles. The third kappa shape index (κ3) is 2.81. The second-order valence-corrected chi connectivity index (χ2v) is 4.42. The van der Waals surface area contributed by atoms with E-state index >= 15 is 0 Å². The molecule has 2 heterocycles. The van der Waals surface area contributed by atoms with Crippen LogP contribution in [-0.4, -0.2) is 39.7 Å². The normalized spacial score (nSPS) is 13.0. The molecule has 0 aromatic carbocycles. The Morgan fingerprint density at radius 1 is 1.53 bits per heavy atom. The average Bonchev–Trinajstić information content (AvgIpc) is 2.87. The fourth-order valence-electron chi connectivity index (χ4n) is 2.11. The summed E-state index contributed by atoms with van der Waals surface area (Å²) < 4.78 is 0. The highest BCUT2D eigenvalue weighted by molar-refractivity contribution is 5.91. The van der Waals surface area contributed by atoms with E-state index in [1.54, 1.807) is 11.1 Å². The van der Waals surface area contributed by atoms with E-state index in [0.29, 0.717) is 19.6 Å². The van der Waals surface area contributed by atoms with Crippen molar-refractivity contribution in [2.45, 2.75) is 20.0 Å². The van der Waals surface area contributed by atoms with E-state index in [0.717, 1.165) is 11.3 Å². The van der Waals surface area contributed by atoms with Gasteiger partial charge in [-0.1, -0.05) is 12.6 Å². The summed E-state index contributed by atoms with van der Waals surface area (Å²) in [4.78, 5) is 31.2. The lowest BCUT2D eigenvalue weighted by Crippen LogP contribution is -2.40. The maximum absolute atomic E-state index is 12.2. The molecule has 1 aliphatic rings. The largest absolute Gasteiger partial charge is 0.331 e. The number of nitrogens with zero attached hydrogens (tertiary/aromatic N) is 3. The van der Waals surface area contributed by atoms with Gasteiger partial charge in [0, 0.05) is 19.3 Å². The monoisotopic (exact) mass is 259 g/mol. The minimum atomic E-state index is -0.217. The van der Waals surface area contributed by atoms with Gasteiger partial charge in [0.15, 0.2) is 0 Å². The molecule has 0 saturated carbocycles. The van der Waals surface area contributed by atoms with Crippen LogP contribution in [0.25, 0.3) is 0 Å². The number of rotatable bonds is 4. The number of carbonyl (C=O) groups excluding carboxylic acids is 2. The molecule has 2 rings (SSSR count). The van der Waals surface area contributed by atoms with Crippen molar-refractivity contribution < 1.29 is 9.59 Å². The summed E-state index contributed by atoms with van der Waals surface area (Å²) in [5.74, 6) is -0.277. The average molecular weight is 259 g/mol. The van der Waals surface area contributed by atoms with Gasteiger partial charge in [0.25, 0.3) is 0 Å². The van der Waals surface area contributed by atoms with E-state index in [4.69, 9.17) is 0 Å². The lowest BCUT2D eigenvalue weighted by molar-refractivity contribution is -0.138. The number of carbonyl (C=O) groups is 2. The first kappa shape index (κ1) is 13.3. The van der Waals surface area contributed by atoms with Crippen LogP contribution < -0.4 is 0 Å². The number of likely N-dealkylation sites (N-methyl/N-ethyl adjacent to an activating group) is 1. The predicted octanol–water partition coefficient (Wildman–Crippen LogP) is 0.958. The van der Waals surface area contributed by atoms with Crippen LogP contribution in [0.2, 0.25) is 0 Å². The molecule has 0 unspecified atom stereocenters. The molecule has 1 aromatic rings. The first-order valence-electron chi connectivity index (χ1n) is 6.27. The second kappa shape index (κ2) is 5.65. The van der Waals surface area contributed by atoms with E-state index in [2.05, 4.69) is 11.6 Å². The van der Waals surface area contributed by atoms with Gasteiger partial charge >= 0.3 is 0 Å². The third-order valence-corrected chi connectivity index (χ3v) is 3.23. The Kier molecular flexibility index (Phi) is 3.94. The fraction of sp³-hybridized carbons (Fsp3) is 0.357. The molecule has 0 saturated heterocycles. The van der Waals surface area contributed by atoms with Crippen molar-refractivity contribution in [3.8, 4) is 0 Å². The van der Waals surface area contributed by atoms with E-state index in [1.807, 2.05) is 19.1 Å². The number of hydrogen-bond donors (Lipinski definition) is 0.